The number of quaternary nitrogens is 1. The second kappa shape index (κ2) is 9.34. The zero-order chi connectivity index (χ0) is 18.2. The van der Waals surface area contributed by atoms with Gasteiger partial charge in [-0.25, -0.2) is 0 Å². The number of benzene rings is 1. The van der Waals surface area contributed by atoms with Crippen molar-refractivity contribution in [3.63, 3.8) is 0 Å². The monoisotopic (exact) mass is 360 g/mol. The first kappa shape index (κ1) is 19.1. The highest BCUT2D eigenvalue weighted by Gasteiger charge is 2.21. The number of carbonyl (C=O) groups excluding carboxylic acids is 2. The van der Waals surface area contributed by atoms with E-state index in [1.807, 2.05) is 23.7 Å². The largest absolute Gasteiger partial charge is 0.355 e. The molecule has 4 N–H and O–H groups in total. The highest BCUT2D eigenvalue weighted by molar-refractivity contribution is 7.10. The number of hydrogen-bond donors (Lipinski definition) is 3. The molecule has 1 aromatic heterocycles. The summed E-state index contributed by atoms with van der Waals surface area (Å²) < 4.78 is 0. The van der Waals surface area contributed by atoms with Gasteiger partial charge in [-0.15, -0.1) is 11.3 Å². The lowest BCUT2D eigenvalue weighted by atomic mass is 10.0. The van der Waals surface area contributed by atoms with Gasteiger partial charge in [-0.3, -0.25) is 9.59 Å². The van der Waals surface area contributed by atoms with Crippen molar-refractivity contribution in [1.82, 2.24) is 10.6 Å². The van der Waals surface area contributed by atoms with Crippen LogP contribution >= 0.6 is 11.3 Å². The second-order valence-electron chi connectivity index (χ2n) is 6.03. The summed E-state index contributed by atoms with van der Waals surface area (Å²) in [5, 5.41) is 9.51. The molecule has 1 aromatic carbocycles. The number of likely N-dealkylation sites (N-methyl/N-ethyl adjacent to an activating group) is 1. The third kappa shape index (κ3) is 5.69. The molecule has 2 aromatic rings. The van der Waals surface area contributed by atoms with Crippen LogP contribution in [-0.2, 0) is 9.59 Å². The van der Waals surface area contributed by atoms with Gasteiger partial charge in [0.25, 0.3) is 5.91 Å². The van der Waals surface area contributed by atoms with Crippen molar-refractivity contribution in [2.45, 2.75) is 32.9 Å². The lowest BCUT2D eigenvalue weighted by molar-refractivity contribution is -0.676. The summed E-state index contributed by atoms with van der Waals surface area (Å²) in [7, 11) is 0. The molecule has 0 radical (unpaired) electrons. The fourth-order valence-corrected chi connectivity index (χ4v) is 3.43. The summed E-state index contributed by atoms with van der Waals surface area (Å²) in [6.45, 7) is 6.43. The Morgan fingerprint density at radius 1 is 1.20 bits per heavy atom. The van der Waals surface area contributed by atoms with Crippen molar-refractivity contribution in [3.8, 4) is 0 Å². The maximum atomic E-state index is 12.2. The number of carbonyl (C=O) groups is 2. The number of nitrogens with one attached hydrogen (secondary N) is 2. The number of hydrogen-bond acceptors (Lipinski definition) is 3. The number of amides is 2. The van der Waals surface area contributed by atoms with E-state index in [4.69, 9.17) is 0 Å². The maximum absolute atomic E-state index is 12.2. The van der Waals surface area contributed by atoms with Gasteiger partial charge in [-0.1, -0.05) is 35.9 Å². The van der Waals surface area contributed by atoms with Gasteiger partial charge in [0.05, 0.1) is 4.88 Å². The van der Waals surface area contributed by atoms with Crippen molar-refractivity contribution < 1.29 is 14.9 Å². The van der Waals surface area contributed by atoms with Crippen LogP contribution in [0, 0.1) is 6.92 Å². The van der Waals surface area contributed by atoms with E-state index >= 15 is 0 Å². The number of thiophene rings is 1. The number of rotatable bonds is 8. The first-order valence-corrected chi connectivity index (χ1v) is 9.39. The smallest absolute Gasteiger partial charge is 0.275 e. The van der Waals surface area contributed by atoms with Crippen LogP contribution in [0.25, 0.3) is 0 Å². The van der Waals surface area contributed by atoms with Crippen LogP contribution in [0.2, 0.25) is 0 Å². The summed E-state index contributed by atoms with van der Waals surface area (Å²) in [6.07, 6.45) is 0. The first-order valence-electron chi connectivity index (χ1n) is 8.51. The molecule has 0 spiro atoms. The Morgan fingerprint density at radius 2 is 1.92 bits per heavy atom. The van der Waals surface area contributed by atoms with Crippen LogP contribution in [0.5, 0.6) is 0 Å². The Kier molecular flexibility index (Phi) is 7.16. The predicted molar refractivity (Wildman–Crippen MR) is 100 cm³/mol. The van der Waals surface area contributed by atoms with Gasteiger partial charge < -0.3 is 16.0 Å². The van der Waals surface area contributed by atoms with Crippen molar-refractivity contribution >= 4 is 23.2 Å². The molecule has 0 saturated heterocycles. The van der Waals surface area contributed by atoms with Gasteiger partial charge in [-0.05, 0) is 32.2 Å². The molecule has 6 heteroatoms. The third-order valence-electron chi connectivity index (χ3n) is 3.95. The quantitative estimate of drug-likeness (QED) is 0.665. The fraction of sp³-hybridized carbons (Fsp3) is 0.368. The Morgan fingerprint density at radius 3 is 2.52 bits per heavy atom. The molecule has 2 atom stereocenters. The Bertz CT molecular complexity index is 683. The lowest BCUT2D eigenvalue weighted by Gasteiger charge is -2.16. The topological polar surface area (TPSA) is 74.8 Å². The number of aryl methyl sites for hydroxylation is 1. The minimum Gasteiger partial charge on any atom is -0.355 e. The van der Waals surface area contributed by atoms with Crippen molar-refractivity contribution in [1.29, 1.82) is 0 Å². The van der Waals surface area contributed by atoms with E-state index in [2.05, 4.69) is 47.9 Å². The van der Waals surface area contributed by atoms with Crippen LogP contribution in [-0.4, -0.2) is 30.9 Å². The molecule has 2 amide bonds. The van der Waals surface area contributed by atoms with E-state index in [-0.39, 0.29) is 24.4 Å². The summed E-state index contributed by atoms with van der Waals surface area (Å²) in [5.74, 6) is -0.309. The molecule has 25 heavy (non-hydrogen) atoms. The molecule has 0 aliphatic rings. The lowest BCUT2D eigenvalue weighted by Crippen LogP contribution is -2.87. The standard InChI is InChI=1S/C19H25N3O2S/c1-4-20-19(24)14(3)22-17(23)12-21-18(16-6-5-11-25-16)15-9-7-13(2)8-10-15/h5-11,14,18,21H,4,12H2,1-3H3,(H,20,24)(H,22,23)/p+1/t14-,18-/m0/s1. The van der Waals surface area contributed by atoms with E-state index < -0.39 is 6.04 Å². The normalized spacial score (nSPS) is 13.1. The van der Waals surface area contributed by atoms with Gasteiger partial charge in [0, 0.05) is 12.1 Å². The van der Waals surface area contributed by atoms with Crippen molar-refractivity contribution in [2.75, 3.05) is 13.1 Å². The fourth-order valence-electron chi connectivity index (χ4n) is 2.58. The molecule has 0 aliphatic carbocycles. The molecule has 0 fully saturated rings. The zero-order valence-electron chi connectivity index (χ0n) is 14.9. The summed E-state index contributed by atoms with van der Waals surface area (Å²) in [4.78, 5) is 25.1. The van der Waals surface area contributed by atoms with Crippen LogP contribution in [0.4, 0.5) is 0 Å². The van der Waals surface area contributed by atoms with Crippen molar-refractivity contribution in [2.24, 2.45) is 0 Å². The van der Waals surface area contributed by atoms with Crippen LogP contribution in [0.1, 0.15) is 35.9 Å². The minimum absolute atomic E-state index is 0.0751. The highest BCUT2D eigenvalue weighted by atomic mass is 32.1. The van der Waals surface area contributed by atoms with Gasteiger partial charge in [0.15, 0.2) is 6.54 Å². The molecule has 1 heterocycles. The van der Waals surface area contributed by atoms with E-state index in [0.717, 1.165) is 5.56 Å². The Balaban J connectivity index is 1.99. The van der Waals surface area contributed by atoms with Gasteiger partial charge in [-0.2, -0.15) is 0 Å². The second-order valence-corrected chi connectivity index (χ2v) is 7.01. The molecule has 2 rings (SSSR count). The highest BCUT2D eigenvalue weighted by Crippen LogP contribution is 2.22. The predicted octanol–water partition coefficient (Wildman–Crippen LogP) is 1.35. The Labute approximate surface area is 152 Å². The minimum atomic E-state index is -0.527. The molecule has 0 aliphatic heterocycles. The van der Waals surface area contributed by atoms with Gasteiger partial charge >= 0.3 is 0 Å². The first-order chi connectivity index (χ1) is 12.0. The van der Waals surface area contributed by atoms with Crippen LogP contribution in [0.3, 0.4) is 0 Å². The third-order valence-corrected chi connectivity index (χ3v) is 4.90. The zero-order valence-corrected chi connectivity index (χ0v) is 15.7. The molecular formula is C19H26N3O2S+. The summed E-state index contributed by atoms with van der Waals surface area (Å²) in [5.41, 5.74) is 2.37. The molecule has 134 valence electrons. The molecule has 5 nitrogen and oxygen atoms in total. The van der Waals surface area contributed by atoms with Gasteiger partial charge in [0.2, 0.25) is 5.91 Å². The molecule has 0 saturated carbocycles. The average molecular weight is 361 g/mol. The van der Waals surface area contributed by atoms with Crippen LogP contribution < -0.4 is 16.0 Å². The van der Waals surface area contributed by atoms with E-state index in [1.54, 1.807) is 18.3 Å². The maximum Gasteiger partial charge on any atom is 0.275 e. The van der Waals surface area contributed by atoms with Gasteiger partial charge in [0.1, 0.15) is 12.1 Å². The van der Waals surface area contributed by atoms with E-state index in [0.29, 0.717) is 6.54 Å². The van der Waals surface area contributed by atoms with E-state index in [1.165, 1.54) is 10.4 Å². The summed E-state index contributed by atoms with van der Waals surface area (Å²) >= 11 is 1.68. The molecular weight excluding hydrogens is 334 g/mol. The SMILES string of the molecule is CCNC(=O)[C@H](C)NC(=O)C[NH2+][C@@H](c1ccc(C)cc1)c1cccs1. The average Bonchev–Trinajstić information content (AvgIpc) is 3.11. The van der Waals surface area contributed by atoms with Crippen LogP contribution in [0.15, 0.2) is 41.8 Å². The Hall–Kier alpha value is -2.18. The molecule has 0 unspecified atom stereocenters. The van der Waals surface area contributed by atoms with Crippen molar-refractivity contribution in [3.05, 3.63) is 57.8 Å². The van der Waals surface area contributed by atoms with E-state index in [9.17, 15) is 9.59 Å². The summed E-state index contributed by atoms with van der Waals surface area (Å²) in [6, 6.07) is 12.0. The molecule has 0 bridgehead atoms. The number of nitrogens with two attached hydrogens (primary N) is 1.